The van der Waals surface area contributed by atoms with E-state index >= 15 is 0 Å². The van der Waals surface area contributed by atoms with E-state index in [9.17, 15) is 4.79 Å². The second kappa shape index (κ2) is 19.2. The topological polar surface area (TPSA) is 26.3 Å². The lowest BCUT2D eigenvalue weighted by atomic mass is 10.0. The monoisotopic (exact) mass is 394 g/mol. The minimum absolute atomic E-state index is 0.110. The van der Waals surface area contributed by atoms with Crippen LogP contribution in [0, 0.1) is 0 Å². The summed E-state index contributed by atoms with van der Waals surface area (Å²) in [5, 5.41) is 0. The number of nitrogens with zero attached hydrogens (tertiary/aromatic N) is 1. The second-order valence-corrected chi connectivity index (χ2v) is 8.54. The first-order valence-corrected chi connectivity index (χ1v) is 11.8. The fourth-order valence-corrected chi connectivity index (χ4v) is 3.67. The number of carbonyl (C=O) groups excluding carboxylic acids is 1. The second-order valence-electron chi connectivity index (χ2n) is 8.54. The maximum Gasteiger partial charge on any atom is 0.361 e. The third kappa shape index (κ3) is 17.0. The summed E-state index contributed by atoms with van der Waals surface area (Å²) < 4.78 is 6.00. The molecule has 0 heterocycles. The van der Waals surface area contributed by atoms with Gasteiger partial charge in [-0.2, -0.15) is 0 Å². The average molecular weight is 395 g/mol. The van der Waals surface area contributed by atoms with Crippen LogP contribution in [0.15, 0.2) is 25.3 Å². The quantitative estimate of drug-likeness (QED) is 0.0923. The van der Waals surface area contributed by atoms with E-state index in [1.165, 1.54) is 77.0 Å². The summed E-state index contributed by atoms with van der Waals surface area (Å²) in [7, 11) is 2.04. The highest BCUT2D eigenvalue weighted by Crippen LogP contribution is 2.13. The van der Waals surface area contributed by atoms with E-state index in [1.54, 1.807) is 0 Å². The lowest BCUT2D eigenvalue weighted by molar-refractivity contribution is -0.891. The molecule has 0 rings (SSSR count). The van der Waals surface area contributed by atoms with Crippen molar-refractivity contribution in [1.29, 1.82) is 0 Å². The van der Waals surface area contributed by atoms with Crippen LogP contribution >= 0.6 is 0 Å². The number of carbonyl (C=O) groups is 1. The molecule has 3 nitrogen and oxygen atoms in total. The summed E-state index contributed by atoms with van der Waals surface area (Å²) in [6.07, 6.45) is 22.4. The number of unbranched alkanes of at least 4 members (excludes halogenated alkanes) is 13. The van der Waals surface area contributed by atoms with Crippen molar-refractivity contribution >= 4 is 5.97 Å². The lowest BCUT2D eigenvalue weighted by Gasteiger charge is -2.31. The summed E-state index contributed by atoms with van der Waals surface area (Å²) in [6, 6.07) is 0. The molecule has 0 radical (unpaired) electrons. The highest BCUT2D eigenvalue weighted by molar-refractivity contribution is 5.70. The zero-order valence-electron chi connectivity index (χ0n) is 19.1. The normalized spacial score (nSPS) is 11.4. The van der Waals surface area contributed by atoms with E-state index in [0.717, 1.165) is 25.9 Å². The number of likely N-dealkylation sites (N-methyl/N-ethyl adjacent to an activating group) is 1. The van der Waals surface area contributed by atoms with Gasteiger partial charge in [-0.15, -0.1) is 0 Å². The van der Waals surface area contributed by atoms with E-state index in [0.29, 0.717) is 17.6 Å². The van der Waals surface area contributed by atoms with Crippen molar-refractivity contribution in [2.24, 2.45) is 0 Å². The Hall–Kier alpha value is -1.09. The SMILES string of the molecule is C=CC[N+](C)(CC=C)CC(=O)OCCCCCCCCCCCCCCCC. The van der Waals surface area contributed by atoms with Gasteiger partial charge in [-0.3, -0.25) is 0 Å². The van der Waals surface area contributed by atoms with Gasteiger partial charge in [-0.1, -0.05) is 104 Å². The highest BCUT2D eigenvalue weighted by atomic mass is 16.5. The molecule has 3 heteroatoms. The Morgan fingerprint density at radius 1 is 0.750 bits per heavy atom. The van der Waals surface area contributed by atoms with Gasteiger partial charge in [0.2, 0.25) is 0 Å². The molecule has 0 aliphatic rings. The van der Waals surface area contributed by atoms with Gasteiger partial charge in [0.25, 0.3) is 0 Å². The molecule has 164 valence electrons. The standard InChI is InChI=1S/C25H48NO2/c1-5-8-9-10-11-12-13-14-15-16-17-18-19-20-23-28-25(27)24-26(4,21-6-2)22-7-3/h6-7H,2-3,5,8-24H2,1,4H3/q+1. The van der Waals surface area contributed by atoms with Gasteiger partial charge < -0.3 is 9.22 Å². The molecule has 0 bridgehead atoms. The van der Waals surface area contributed by atoms with E-state index in [4.69, 9.17) is 4.74 Å². The van der Waals surface area contributed by atoms with E-state index in [2.05, 4.69) is 20.1 Å². The molecular formula is C25H48NO2+. The van der Waals surface area contributed by atoms with Gasteiger partial charge >= 0.3 is 5.97 Å². The predicted octanol–water partition coefficient (Wildman–Crippen LogP) is 6.83. The van der Waals surface area contributed by atoms with E-state index in [1.807, 2.05) is 19.2 Å². The number of rotatable bonds is 21. The Bertz CT molecular complexity index is 382. The molecule has 0 amide bonds. The molecule has 0 aromatic carbocycles. The summed E-state index contributed by atoms with van der Waals surface area (Å²) in [6.45, 7) is 12.3. The third-order valence-corrected chi connectivity index (χ3v) is 5.41. The summed E-state index contributed by atoms with van der Waals surface area (Å²) >= 11 is 0. The predicted molar refractivity (Wildman–Crippen MR) is 122 cm³/mol. The molecule has 0 aromatic rings. The van der Waals surface area contributed by atoms with E-state index < -0.39 is 0 Å². The molecule has 0 aliphatic carbocycles. The minimum atomic E-state index is -0.110. The van der Waals surface area contributed by atoms with Crippen LogP contribution in [0.5, 0.6) is 0 Å². The number of hydrogen-bond donors (Lipinski definition) is 0. The Kier molecular flexibility index (Phi) is 18.5. The van der Waals surface area contributed by atoms with Crippen LogP contribution in [-0.4, -0.2) is 43.7 Å². The Morgan fingerprint density at radius 3 is 1.54 bits per heavy atom. The zero-order chi connectivity index (χ0) is 20.9. The Labute approximate surface area is 175 Å². The molecule has 0 aromatic heterocycles. The molecule has 0 atom stereocenters. The molecule has 0 saturated heterocycles. The maximum absolute atomic E-state index is 12.0. The van der Waals surface area contributed by atoms with E-state index in [-0.39, 0.29) is 5.97 Å². The van der Waals surface area contributed by atoms with Crippen molar-refractivity contribution in [1.82, 2.24) is 0 Å². The number of esters is 1. The first-order valence-electron chi connectivity index (χ1n) is 11.8. The molecule has 0 spiro atoms. The van der Waals surface area contributed by atoms with Crippen LogP contribution in [0.1, 0.15) is 96.8 Å². The van der Waals surface area contributed by atoms with Crippen LogP contribution in [0.25, 0.3) is 0 Å². The number of quaternary nitrogens is 1. The van der Waals surface area contributed by atoms with Crippen LogP contribution in [0.3, 0.4) is 0 Å². The molecule has 0 fully saturated rings. The summed E-state index contributed by atoms with van der Waals surface area (Å²) in [5.74, 6) is -0.110. The van der Waals surface area contributed by atoms with Crippen molar-refractivity contribution in [2.45, 2.75) is 96.8 Å². The first kappa shape index (κ1) is 26.9. The van der Waals surface area contributed by atoms with Crippen molar-refractivity contribution < 1.29 is 14.0 Å². The van der Waals surface area contributed by atoms with Crippen LogP contribution in [-0.2, 0) is 9.53 Å². The summed E-state index contributed by atoms with van der Waals surface area (Å²) in [4.78, 5) is 12.0. The number of hydrogen-bond acceptors (Lipinski definition) is 2. The Morgan fingerprint density at radius 2 is 1.14 bits per heavy atom. The Balaban J connectivity index is 3.44. The third-order valence-electron chi connectivity index (χ3n) is 5.41. The van der Waals surface area contributed by atoms with Gasteiger partial charge in [-0.25, -0.2) is 4.79 Å². The van der Waals surface area contributed by atoms with Gasteiger partial charge in [0, 0.05) is 0 Å². The smallest absolute Gasteiger partial charge is 0.361 e. The molecule has 28 heavy (non-hydrogen) atoms. The lowest BCUT2D eigenvalue weighted by Crippen LogP contribution is -2.48. The fraction of sp³-hybridized carbons (Fsp3) is 0.800. The van der Waals surface area contributed by atoms with Gasteiger partial charge in [0.05, 0.1) is 26.7 Å². The molecule has 0 N–H and O–H groups in total. The van der Waals surface area contributed by atoms with Crippen LogP contribution in [0.4, 0.5) is 0 Å². The van der Waals surface area contributed by atoms with Gasteiger partial charge in [0.15, 0.2) is 6.54 Å². The van der Waals surface area contributed by atoms with Crippen molar-refractivity contribution in [3.8, 4) is 0 Å². The van der Waals surface area contributed by atoms with Crippen molar-refractivity contribution in [3.63, 3.8) is 0 Å². The van der Waals surface area contributed by atoms with Crippen molar-refractivity contribution in [3.05, 3.63) is 25.3 Å². The largest absolute Gasteiger partial charge is 0.462 e. The highest BCUT2D eigenvalue weighted by Gasteiger charge is 2.23. The summed E-state index contributed by atoms with van der Waals surface area (Å²) in [5.41, 5.74) is 0. The average Bonchev–Trinajstić information content (AvgIpc) is 2.65. The van der Waals surface area contributed by atoms with Crippen LogP contribution in [0.2, 0.25) is 0 Å². The number of ether oxygens (including phenoxy) is 1. The van der Waals surface area contributed by atoms with Crippen LogP contribution < -0.4 is 0 Å². The maximum atomic E-state index is 12.0. The first-order chi connectivity index (χ1) is 13.6. The molecule has 0 saturated carbocycles. The van der Waals surface area contributed by atoms with Crippen molar-refractivity contribution in [2.75, 3.05) is 33.3 Å². The zero-order valence-corrected chi connectivity index (χ0v) is 19.1. The molecular weight excluding hydrogens is 346 g/mol. The minimum Gasteiger partial charge on any atom is -0.462 e. The molecule has 0 unspecified atom stereocenters. The fourth-order valence-electron chi connectivity index (χ4n) is 3.67. The molecule has 0 aliphatic heterocycles. The van der Waals surface area contributed by atoms with Gasteiger partial charge in [0.1, 0.15) is 0 Å². The van der Waals surface area contributed by atoms with Gasteiger partial charge in [-0.05, 0) is 18.6 Å².